The van der Waals surface area contributed by atoms with E-state index in [1.807, 2.05) is 0 Å². The molecular formula is C18H19BrClN5O5S3. The molecule has 1 aromatic heterocycles. The van der Waals surface area contributed by atoms with Gasteiger partial charge in [0.05, 0.1) is 15.3 Å². The van der Waals surface area contributed by atoms with Crippen LogP contribution in [-0.2, 0) is 14.4 Å². The molecule has 3 aliphatic rings. The van der Waals surface area contributed by atoms with Gasteiger partial charge in [-0.2, -0.15) is 12.6 Å². The molecule has 15 heteroatoms. The number of aromatic nitrogens is 1. The van der Waals surface area contributed by atoms with Gasteiger partial charge in [-0.05, 0) is 34.8 Å². The Labute approximate surface area is 216 Å². The van der Waals surface area contributed by atoms with Crippen LogP contribution in [0.25, 0.3) is 0 Å². The number of amides is 2. The number of hydrogen-bond donors (Lipinski definition) is 3. The van der Waals surface area contributed by atoms with E-state index in [0.717, 1.165) is 0 Å². The van der Waals surface area contributed by atoms with Gasteiger partial charge in [-0.15, -0.1) is 11.8 Å². The minimum absolute atomic E-state index is 0.0681. The number of aliphatic carboxylic acids is 1. The second-order valence-electron chi connectivity index (χ2n) is 8.11. The summed E-state index contributed by atoms with van der Waals surface area (Å²) in [5.74, 6) is -1.74. The zero-order valence-corrected chi connectivity index (χ0v) is 22.1. The number of carbonyl (C=O) groups excluding carboxylic acids is 2. The summed E-state index contributed by atoms with van der Waals surface area (Å²) in [6.45, 7) is 3.00. The summed E-state index contributed by atoms with van der Waals surface area (Å²) in [4.78, 5) is 55.9. The Morgan fingerprint density at radius 2 is 2.15 bits per heavy atom. The average Bonchev–Trinajstić information content (AvgIpc) is 3.21. The molecule has 0 radical (unpaired) electrons. The van der Waals surface area contributed by atoms with E-state index >= 15 is 0 Å². The normalized spacial score (nSPS) is 31.7. The highest BCUT2D eigenvalue weighted by molar-refractivity contribution is 9.10. The van der Waals surface area contributed by atoms with Crippen molar-refractivity contribution in [3.8, 4) is 0 Å². The van der Waals surface area contributed by atoms with Crippen LogP contribution >= 0.6 is 63.9 Å². The summed E-state index contributed by atoms with van der Waals surface area (Å²) in [6.07, 6.45) is 2.64. The van der Waals surface area contributed by atoms with Crippen molar-refractivity contribution in [2.75, 3.05) is 17.3 Å². The van der Waals surface area contributed by atoms with Gasteiger partial charge in [0.25, 0.3) is 5.91 Å². The quantitative estimate of drug-likeness (QED) is 0.265. The fraction of sp³-hybridized carbons (Fsp3) is 0.500. The van der Waals surface area contributed by atoms with Crippen molar-refractivity contribution in [3.05, 3.63) is 32.1 Å². The van der Waals surface area contributed by atoms with Gasteiger partial charge in [0, 0.05) is 31.6 Å². The lowest BCUT2D eigenvalue weighted by molar-refractivity contribution is -0.159. The Balaban J connectivity index is 1.63. The molecular weight excluding hydrogens is 578 g/mol. The minimum atomic E-state index is -1.36. The Bertz CT molecular complexity index is 1110. The lowest BCUT2D eigenvalue weighted by Crippen LogP contribution is -2.77. The molecule has 4 unspecified atom stereocenters. The first-order valence-corrected chi connectivity index (χ1v) is 13.2. The number of pyridine rings is 1. The predicted molar refractivity (Wildman–Crippen MR) is 135 cm³/mol. The zero-order valence-electron chi connectivity index (χ0n) is 17.3. The summed E-state index contributed by atoms with van der Waals surface area (Å²) in [6, 6.07) is -0.878. The van der Waals surface area contributed by atoms with Gasteiger partial charge in [0.2, 0.25) is 11.3 Å². The monoisotopic (exact) mass is 595 g/mol. The molecule has 3 aliphatic heterocycles. The van der Waals surface area contributed by atoms with E-state index in [1.54, 1.807) is 12.5 Å². The SMILES string of the molecule is CC(=O)N(C1C(=O)N2CC(C(=O)O)(C(S)C3(C)N=CSN3)CS[C@H]12)n1cc(Cl)c(=O)c(Br)c1. The highest BCUT2D eigenvalue weighted by Gasteiger charge is 2.63. The number of carboxylic acid groups (broad SMARTS) is 1. The topological polar surface area (TPSA) is 124 Å². The van der Waals surface area contributed by atoms with E-state index in [9.17, 15) is 24.3 Å². The molecule has 2 fully saturated rings. The molecule has 2 N–H and O–H groups in total. The number of hydrogen-bond acceptors (Lipinski definition) is 9. The van der Waals surface area contributed by atoms with Gasteiger partial charge >= 0.3 is 5.97 Å². The van der Waals surface area contributed by atoms with E-state index in [2.05, 4.69) is 38.3 Å². The first-order chi connectivity index (χ1) is 15.4. The lowest BCUT2D eigenvalue weighted by Gasteiger charge is -2.57. The van der Waals surface area contributed by atoms with Crippen LogP contribution in [0.2, 0.25) is 5.02 Å². The molecule has 0 aliphatic carbocycles. The fourth-order valence-electron chi connectivity index (χ4n) is 4.18. The molecule has 0 saturated carbocycles. The molecule has 10 nitrogen and oxygen atoms in total. The molecule has 1 aromatic rings. The van der Waals surface area contributed by atoms with Gasteiger partial charge < -0.3 is 10.0 Å². The number of thiol groups is 1. The van der Waals surface area contributed by atoms with Gasteiger partial charge in [-0.1, -0.05) is 11.6 Å². The number of aliphatic imine (C=N–C) groups is 1. The standard InChI is InChI=1S/C18H19BrClN5O5S3/c1-8(26)25(23-3-9(19)12(27)10(20)4-23)11-13(28)24-5-18(16(29)30,6-32-14(11)24)15(31)17(2)21-7-33-22-17/h3-4,7,11,14-15,22,31H,5-6H2,1-2H3,(H,29,30)/t11?,14-,15?,17?,18?/m1/s1. The van der Waals surface area contributed by atoms with Crippen LogP contribution in [0.3, 0.4) is 0 Å². The summed E-state index contributed by atoms with van der Waals surface area (Å²) >= 11 is 16.3. The van der Waals surface area contributed by atoms with Crippen LogP contribution in [0.15, 0.2) is 26.7 Å². The van der Waals surface area contributed by atoms with Gasteiger partial charge in [0.15, 0.2) is 6.04 Å². The summed E-state index contributed by atoms with van der Waals surface area (Å²) in [7, 11) is 0. The Kier molecular flexibility index (Phi) is 6.64. The number of carboxylic acids is 1. The average molecular weight is 597 g/mol. The summed E-state index contributed by atoms with van der Waals surface area (Å²) < 4.78 is 4.54. The fourth-order valence-corrected chi connectivity index (χ4v) is 7.90. The summed E-state index contributed by atoms with van der Waals surface area (Å²) in [5.41, 5.74) is -1.12. The van der Waals surface area contributed by atoms with Crippen molar-refractivity contribution in [2.45, 2.75) is 36.2 Å². The van der Waals surface area contributed by atoms with E-state index in [0.29, 0.717) is 0 Å². The molecule has 4 heterocycles. The second kappa shape index (κ2) is 8.79. The maximum atomic E-state index is 13.2. The van der Waals surface area contributed by atoms with Gasteiger partial charge in [-0.3, -0.25) is 28.8 Å². The van der Waals surface area contributed by atoms with Crippen molar-refractivity contribution >= 4 is 87.2 Å². The number of carbonyl (C=O) groups is 3. The number of thioether (sulfide) groups is 1. The lowest BCUT2D eigenvalue weighted by atomic mass is 9.78. The molecule has 2 amide bonds. The molecule has 0 spiro atoms. The van der Waals surface area contributed by atoms with Crippen LogP contribution in [0.4, 0.5) is 0 Å². The third-order valence-corrected chi connectivity index (χ3v) is 10.1. The number of fused-ring (bicyclic) bond motifs is 1. The van der Waals surface area contributed by atoms with Crippen LogP contribution in [-0.4, -0.2) is 72.6 Å². The smallest absolute Gasteiger partial charge is 0.313 e. The van der Waals surface area contributed by atoms with Crippen LogP contribution in [0.5, 0.6) is 0 Å². The number of β-lactam (4-membered cyclic amide) rings is 1. The molecule has 178 valence electrons. The summed E-state index contributed by atoms with van der Waals surface area (Å²) in [5, 5.41) is 10.1. The highest BCUT2D eigenvalue weighted by Crippen LogP contribution is 2.49. The second-order valence-corrected chi connectivity index (χ2v) is 11.6. The Hall–Kier alpha value is -1.19. The van der Waals surface area contributed by atoms with Gasteiger partial charge in [0.1, 0.15) is 21.5 Å². The predicted octanol–water partition coefficient (Wildman–Crippen LogP) is 1.40. The molecule has 5 atom stereocenters. The van der Waals surface area contributed by atoms with E-state index in [-0.39, 0.29) is 21.8 Å². The van der Waals surface area contributed by atoms with Crippen molar-refractivity contribution < 1.29 is 19.5 Å². The molecule has 33 heavy (non-hydrogen) atoms. The number of halogens is 2. The number of nitrogens with zero attached hydrogens (tertiary/aromatic N) is 4. The van der Waals surface area contributed by atoms with Crippen molar-refractivity contribution in [1.29, 1.82) is 0 Å². The molecule has 4 rings (SSSR count). The van der Waals surface area contributed by atoms with Gasteiger partial charge in [-0.25, -0.2) is 9.73 Å². The third kappa shape index (κ3) is 3.92. The Morgan fingerprint density at radius 3 is 2.70 bits per heavy atom. The minimum Gasteiger partial charge on any atom is -0.481 e. The van der Waals surface area contributed by atoms with Crippen molar-refractivity contribution in [1.82, 2.24) is 14.3 Å². The maximum Gasteiger partial charge on any atom is 0.313 e. The molecule has 2 saturated heterocycles. The van der Waals surface area contributed by atoms with Crippen LogP contribution < -0.4 is 15.2 Å². The van der Waals surface area contributed by atoms with Crippen molar-refractivity contribution in [2.24, 2.45) is 10.4 Å². The largest absolute Gasteiger partial charge is 0.481 e. The first-order valence-electron chi connectivity index (χ1n) is 9.60. The number of rotatable bonds is 5. The van der Waals surface area contributed by atoms with E-state index in [4.69, 9.17) is 11.6 Å². The Morgan fingerprint density at radius 1 is 1.45 bits per heavy atom. The molecule has 0 bridgehead atoms. The molecule has 0 aromatic carbocycles. The van der Waals surface area contributed by atoms with E-state index < -0.39 is 51.0 Å². The van der Waals surface area contributed by atoms with Crippen molar-refractivity contribution in [3.63, 3.8) is 0 Å². The maximum absolute atomic E-state index is 13.2. The zero-order chi connectivity index (χ0) is 24.3. The first kappa shape index (κ1) is 24.9. The highest BCUT2D eigenvalue weighted by atomic mass is 79.9. The van der Waals surface area contributed by atoms with Crippen LogP contribution in [0, 0.1) is 5.41 Å². The van der Waals surface area contributed by atoms with Crippen LogP contribution in [0.1, 0.15) is 13.8 Å². The van der Waals surface area contributed by atoms with E-state index in [1.165, 1.54) is 57.6 Å². The third-order valence-electron chi connectivity index (χ3n) is 5.96. The number of nitrogens with one attached hydrogen (secondary N) is 1.